The number of carbonyl (C=O) groups excluding carboxylic acids is 1. The number of rotatable bonds is 7. The highest BCUT2D eigenvalue weighted by molar-refractivity contribution is 7.99. The Morgan fingerprint density at radius 2 is 2.00 bits per heavy atom. The van der Waals surface area contributed by atoms with E-state index in [9.17, 15) is 9.18 Å². The molecule has 0 radical (unpaired) electrons. The zero-order valence-corrected chi connectivity index (χ0v) is 15.2. The predicted octanol–water partition coefficient (Wildman–Crippen LogP) is 3.98. The van der Waals surface area contributed by atoms with Gasteiger partial charge >= 0.3 is 0 Å². The van der Waals surface area contributed by atoms with Crippen molar-refractivity contribution in [2.75, 3.05) is 12.3 Å². The van der Waals surface area contributed by atoms with Crippen LogP contribution in [0, 0.1) is 5.82 Å². The summed E-state index contributed by atoms with van der Waals surface area (Å²) >= 11 is 7.10. The molecule has 5 nitrogen and oxygen atoms in total. The van der Waals surface area contributed by atoms with Crippen LogP contribution in [0.5, 0.6) is 0 Å². The Bertz CT molecular complexity index is 886. The van der Waals surface area contributed by atoms with E-state index in [4.69, 9.17) is 16.0 Å². The van der Waals surface area contributed by atoms with Crippen molar-refractivity contribution in [1.82, 2.24) is 15.5 Å². The van der Waals surface area contributed by atoms with Gasteiger partial charge in [0, 0.05) is 17.1 Å². The maximum absolute atomic E-state index is 12.8. The van der Waals surface area contributed by atoms with Crippen LogP contribution in [0.25, 0.3) is 11.5 Å². The Balaban J connectivity index is 1.44. The van der Waals surface area contributed by atoms with Crippen molar-refractivity contribution < 1.29 is 13.6 Å². The number of hydrogen-bond acceptors (Lipinski definition) is 5. The van der Waals surface area contributed by atoms with Gasteiger partial charge in [-0.15, -0.1) is 10.2 Å². The maximum atomic E-state index is 12.8. The second-order valence-electron chi connectivity index (χ2n) is 5.40. The van der Waals surface area contributed by atoms with Gasteiger partial charge in [-0.1, -0.05) is 41.6 Å². The average molecular weight is 392 g/mol. The van der Waals surface area contributed by atoms with Crippen LogP contribution < -0.4 is 5.32 Å². The number of amides is 1. The average Bonchev–Trinajstić information content (AvgIpc) is 3.11. The lowest BCUT2D eigenvalue weighted by Crippen LogP contribution is -2.27. The van der Waals surface area contributed by atoms with Crippen LogP contribution in [-0.4, -0.2) is 28.4 Å². The quantitative estimate of drug-likeness (QED) is 0.617. The number of halogens is 2. The zero-order valence-electron chi connectivity index (χ0n) is 13.6. The van der Waals surface area contributed by atoms with E-state index in [2.05, 4.69) is 15.5 Å². The standard InChI is InChI=1S/C18H15ClFN3O2S/c19-14-3-1-2-13(10-14)17-22-23-18(25-17)26-11-16(24)21-9-8-12-4-6-15(20)7-5-12/h1-7,10H,8-9,11H2,(H,21,24). The van der Waals surface area contributed by atoms with Gasteiger partial charge in [0.15, 0.2) is 0 Å². The topological polar surface area (TPSA) is 68.0 Å². The summed E-state index contributed by atoms with van der Waals surface area (Å²) in [5.74, 6) is 0.109. The minimum absolute atomic E-state index is 0.139. The van der Waals surface area contributed by atoms with Gasteiger partial charge in [-0.05, 0) is 42.3 Å². The Morgan fingerprint density at radius 1 is 1.19 bits per heavy atom. The van der Waals surface area contributed by atoms with Crippen molar-refractivity contribution in [2.24, 2.45) is 0 Å². The first-order chi connectivity index (χ1) is 12.6. The van der Waals surface area contributed by atoms with E-state index in [1.54, 1.807) is 30.3 Å². The van der Waals surface area contributed by atoms with E-state index in [0.717, 1.165) is 22.9 Å². The minimum Gasteiger partial charge on any atom is -0.411 e. The fourth-order valence-electron chi connectivity index (χ4n) is 2.18. The van der Waals surface area contributed by atoms with Crippen molar-refractivity contribution in [2.45, 2.75) is 11.6 Å². The van der Waals surface area contributed by atoms with Gasteiger partial charge in [0.25, 0.3) is 5.22 Å². The lowest BCUT2D eigenvalue weighted by Gasteiger charge is -2.04. The second kappa shape index (κ2) is 8.82. The number of nitrogens with one attached hydrogen (secondary N) is 1. The van der Waals surface area contributed by atoms with Crippen LogP contribution in [0.1, 0.15) is 5.56 Å². The molecule has 0 fully saturated rings. The number of hydrogen-bond donors (Lipinski definition) is 1. The summed E-state index contributed by atoms with van der Waals surface area (Å²) in [6.45, 7) is 0.475. The molecular formula is C18H15ClFN3O2S. The molecule has 1 heterocycles. The van der Waals surface area contributed by atoms with E-state index < -0.39 is 0 Å². The van der Waals surface area contributed by atoms with Crippen LogP contribution in [0.2, 0.25) is 5.02 Å². The lowest BCUT2D eigenvalue weighted by atomic mass is 10.1. The van der Waals surface area contributed by atoms with Crippen molar-refractivity contribution in [3.63, 3.8) is 0 Å². The molecule has 0 saturated heterocycles. The summed E-state index contributed by atoms with van der Waals surface area (Å²) < 4.78 is 18.4. The molecule has 134 valence electrons. The molecule has 0 atom stereocenters. The molecular weight excluding hydrogens is 377 g/mol. The third kappa shape index (κ3) is 5.31. The molecule has 0 saturated carbocycles. The minimum atomic E-state index is -0.272. The number of carbonyl (C=O) groups is 1. The number of nitrogens with zero attached hydrogens (tertiary/aromatic N) is 2. The lowest BCUT2D eigenvalue weighted by molar-refractivity contribution is -0.118. The van der Waals surface area contributed by atoms with Gasteiger partial charge in [-0.25, -0.2) is 4.39 Å². The van der Waals surface area contributed by atoms with Crippen LogP contribution in [-0.2, 0) is 11.2 Å². The largest absolute Gasteiger partial charge is 0.411 e. The molecule has 3 aromatic rings. The molecule has 1 amide bonds. The van der Waals surface area contributed by atoms with E-state index >= 15 is 0 Å². The molecule has 3 rings (SSSR count). The number of thioether (sulfide) groups is 1. The normalized spacial score (nSPS) is 10.7. The van der Waals surface area contributed by atoms with Crippen LogP contribution in [0.4, 0.5) is 4.39 Å². The fraction of sp³-hybridized carbons (Fsp3) is 0.167. The summed E-state index contributed by atoms with van der Waals surface area (Å²) in [6.07, 6.45) is 0.635. The zero-order chi connectivity index (χ0) is 18.4. The van der Waals surface area contributed by atoms with Crippen molar-refractivity contribution in [3.8, 4) is 11.5 Å². The van der Waals surface area contributed by atoms with E-state index in [0.29, 0.717) is 29.1 Å². The van der Waals surface area contributed by atoms with Crippen LogP contribution >= 0.6 is 23.4 Å². The van der Waals surface area contributed by atoms with Gasteiger partial charge < -0.3 is 9.73 Å². The van der Waals surface area contributed by atoms with Crippen molar-refractivity contribution in [3.05, 3.63) is 64.9 Å². The Kier molecular flexibility index (Phi) is 6.25. The molecule has 0 aliphatic rings. The molecule has 1 aromatic heterocycles. The Hall–Kier alpha value is -2.38. The first kappa shape index (κ1) is 18.4. The van der Waals surface area contributed by atoms with Gasteiger partial charge in [-0.3, -0.25) is 4.79 Å². The summed E-state index contributed by atoms with van der Waals surface area (Å²) in [4.78, 5) is 11.9. The second-order valence-corrected chi connectivity index (χ2v) is 6.76. The smallest absolute Gasteiger partial charge is 0.277 e. The summed E-state index contributed by atoms with van der Waals surface area (Å²) in [6, 6.07) is 13.3. The Morgan fingerprint density at radius 3 is 2.77 bits per heavy atom. The molecule has 0 aliphatic carbocycles. The highest BCUT2D eigenvalue weighted by atomic mass is 35.5. The molecule has 0 unspecified atom stereocenters. The van der Waals surface area contributed by atoms with Gasteiger partial charge in [0.1, 0.15) is 5.82 Å². The van der Waals surface area contributed by atoms with E-state index in [-0.39, 0.29) is 17.5 Å². The number of benzene rings is 2. The maximum Gasteiger partial charge on any atom is 0.277 e. The summed E-state index contributed by atoms with van der Waals surface area (Å²) in [5, 5.41) is 11.6. The molecule has 0 aliphatic heterocycles. The predicted molar refractivity (Wildman–Crippen MR) is 98.6 cm³/mol. The van der Waals surface area contributed by atoms with Crippen LogP contribution in [0.3, 0.4) is 0 Å². The summed E-state index contributed by atoms with van der Waals surface area (Å²) in [7, 11) is 0. The third-order valence-electron chi connectivity index (χ3n) is 3.45. The molecule has 26 heavy (non-hydrogen) atoms. The van der Waals surface area contributed by atoms with Gasteiger partial charge in [0.05, 0.1) is 5.75 Å². The highest BCUT2D eigenvalue weighted by Crippen LogP contribution is 2.24. The molecule has 0 spiro atoms. The van der Waals surface area contributed by atoms with Crippen molar-refractivity contribution in [1.29, 1.82) is 0 Å². The first-order valence-electron chi connectivity index (χ1n) is 7.83. The first-order valence-corrected chi connectivity index (χ1v) is 9.20. The molecule has 8 heteroatoms. The van der Waals surface area contributed by atoms with Crippen LogP contribution in [0.15, 0.2) is 58.2 Å². The number of aromatic nitrogens is 2. The fourth-order valence-corrected chi connectivity index (χ4v) is 2.97. The Labute approximate surface area is 159 Å². The molecule has 0 bridgehead atoms. The van der Waals surface area contributed by atoms with Gasteiger partial charge in [0.2, 0.25) is 11.8 Å². The van der Waals surface area contributed by atoms with E-state index in [1.807, 2.05) is 6.07 Å². The monoisotopic (exact) mass is 391 g/mol. The van der Waals surface area contributed by atoms with Crippen molar-refractivity contribution >= 4 is 29.3 Å². The van der Waals surface area contributed by atoms with E-state index in [1.165, 1.54) is 12.1 Å². The SMILES string of the molecule is O=C(CSc1nnc(-c2cccc(Cl)c2)o1)NCCc1ccc(F)cc1. The third-order valence-corrected chi connectivity index (χ3v) is 4.51. The molecule has 2 aromatic carbocycles. The van der Waals surface area contributed by atoms with Gasteiger partial charge in [-0.2, -0.15) is 0 Å². The highest BCUT2D eigenvalue weighted by Gasteiger charge is 2.11. The summed E-state index contributed by atoms with van der Waals surface area (Å²) in [5.41, 5.74) is 1.68. The molecule has 1 N–H and O–H groups in total.